The smallest absolute Gasteiger partial charge is 0.225 e. The number of aryl methyl sites for hydroxylation is 1. The highest BCUT2D eigenvalue weighted by atomic mass is 79.9. The molecule has 0 spiro atoms. The van der Waals surface area contributed by atoms with Gasteiger partial charge in [0.1, 0.15) is 5.15 Å². The van der Waals surface area contributed by atoms with Gasteiger partial charge >= 0.3 is 0 Å². The molecule has 0 atom stereocenters. The van der Waals surface area contributed by atoms with E-state index >= 15 is 0 Å². The van der Waals surface area contributed by atoms with Crippen LogP contribution in [0, 0.1) is 6.92 Å². The molecule has 1 aromatic carbocycles. The number of methoxy groups -OCH3 is 2. The molecule has 2 rings (SSSR count). The van der Waals surface area contributed by atoms with Crippen LogP contribution in [0.1, 0.15) is 17.4 Å². The van der Waals surface area contributed by atoms with Crippen molar-refractivity contribution in [3.05, 3.63) is 44.2 Å². The Balaban J connectivity index is 2.31. The maximum atomic E-state index is 6.15. The maximum absolute atomic E-state index is 6.15. The first-order chi connectivity index (χ1) is 11.0. The van der Waals surface area contributed by atoms with Crippen LogP contribution in [-0.2, 0) is 9.47 Å². The summed E-state index contributed by atoms with van der Waals surface area (Å²) in [5.74, 6) is 0.367. The van der Waals surface area contributed by atoms with Crippen molar-refractivity contribution in [2.45, 2.75) is 13.2 Å². The van der Waals surface area contributed by atoms with E-state index in [9.17, 15) is 0 Å². The van der Waals surface area contributed by atoms with Crippen molar-refractivity contribution in [1.82, 2.24) is 9.97 Å². The highest BCUT2D eigenvalue weighted by molar-refractivity contribution is 9.10. The number of halogens is 3. The van der Waals surface area contributed by atoms with Gasteiger partial charge in [0, 0.05) is 18.7 Å². The van der Waals surface area contributed by atoms with Crippen molar-refractivity contribution in [3.63, 3.8) is 0 Å². The van der Waals surface area contributed by atoms with Gasteiger partial charge in [-0.3, -0.25) is 10.9 Å². The Morgan fingerprint density at radius 3 is 2.43 bits per heavy atom. The summed E-state index contributed by atoms with van der Waals surface area (Å²) in [5.41, 5.74) is 8.40. The number of hydrazine groups is 1. The topological polar surface area (TPSA) is 68.3 Å². The standard InChI is InChI=1S/C14H15BrCl2N4O2/c1-7-6-8(15)4-5-9(7)20-21-12-10(13(22-2)23-3)11(16)18-14(17)19-12/h4-6,13,20H,1-3H3,(H,18,19,21). The number of hydrogen-bond donors (Lipinski definition) is 2. The van der Waals surface area contributed by atoms with Crippen LogP contribution in [-0.4, -0.2) is 24.2 Å². The van der Waals surface area contributed by atoms with Gasteiger partial charge in [0.05, 0.1) is 11.3 Å². The second-order valence-electron chi connectivity index (χ2n) is 4.56. The molecular weight excluding hydrogens is 407 g/mol. The van der Waals surface area contributed by atoms with Gasteiger partial charge in [0.15, 0.2) is 12.1 Å². The van der Waals surface area contributed by atoms with Crippen LogP contribution in [0.2, 0.25) is 10.4 Å². The zero-order valence-corrected chi connectivity index (χ0v) is 15.8. The minimum Gasteiger partial charge on any atom is -0.351 e. The summed E-state index contributed by atoms with van der Waals surface area (Å²) in [6, 6.07) is 5.82. The molecular formula is C14H15BrCl2N4O2. The molecule has 0 unspecified atom stereocenters. The Hall–Kier alpha value is -1.12. The van der Waals surface area contributed by atoms with E-state index in [-0.39, 0.29) is 10.4 Å². The fourth-order valence-corrected chi connectivity index (χ4v) is 2.89. The fraction of sp³-hybridized carbons (Fsp3) is 0.286. The average Bonchev–Trinajstić information content (AvgIpc) is 2.49. The highest BCUT2D eigenvalue weighted by Gasteiger charge is 2.22. The van der Waals surface area contributed by atoms with Gasteiger partial charge in [-0.05, 0) is 42.3 Å². The largest absolute Gasteiger partial charge is 0.351 e. The summed E-state index contributed by atoms with van der Waals surface area (Å²) < 4.78 is 11.5. The van der Waals surface area contributed by atoms with Crippen molar-refractivity contribution in [2.24, 2.45) is 0 Å². The Labute approximate surface area is 152 Å². The predicted octanol–water partition coefficient (Wildman–Crippen LogP) is 4.58. The van der Waals surface area contributed by atoms with Gasteiger partial charge in [-0.1, -0.05) is 27.5 Å². The van der Waals surface area contributed by atoms with Crippen LogP contribution in [0.4, 0.5) is 11.5 Å². The number of rotatable bonds is 6. The number of benzene rings is 1. The third-order valence-electron chi connectivity index (χ3n) is 3.04. The molecule has 0 saturated carbocycles. The van der Waals surface area contributed by atoms with Crippen LogP contribution in [0.15, 0.2) is 22.7 Å². The van der Waals surface area contributed by atoms with Crippen molar-refractivity contribution in [3.8, 4) is 0 Å². The lowest BCUT2D eigenvalue weighted by molar-refractivity contribution is -0.105. The van der Waals surface area contributed by atoms with Crippen LogP contribution in [0.3, 0.4) is 0 Å². The molecule has 2 aromatic rings. The van der Waals surface area contributed by atoms with E-state index in [1.165, 1.54) is 14.2 Å². The van der Waals surface area contributed by atoms with Crippen LogP contribution in [0.25, 0.3) is 0 Å². The van der Waals surface area contributed by atoms with E-state index in [0.717, 1.165) is 15.7 Å². The second kappa shape index (κ2) is 8.12. The average molecular weight is 422 g/mol. The third-order valence-corrected chi connectivity index (χ3v) is 3.99. The molecule has 0 fully saturated rings. The first-order valence-electron chi connectivity index (χ1n) is 6.53. The number of ether oxygens (including phenoxy) is 2. The molecule has 23 heavy (non-hydrogen) atoms. The van der Waals surface area contributed by atoms with Crippen molar-refractivity contribution in [2.75, 3.05) is 25.1 Å². The summed E-state index contributed by atoms with van der Waals surface area (Å²) in [6.45, 7) is 1.97. The third kappa shape index (κ3) is 4.45. The SMILES string of the molecule is COC(OC)c1c(Cl)nc(Cl)nc1NNc1ccc(Br)cc1C. The Kier molecular flexibility index (Phi) is 6.43. The lowest BCUT2D eigenvalue weighted by Crippen LogP contribution is -2.17. The highest BCUT2D eigenvalue weighted by Crippen LogP contribution is 2.31. The molecule has 1 heterocycles. The van der Waals surface area contributed by atoms with Gasteiger partial charge in [-0.25, -0.2) is 4.98 Å². The quantitative estimate of drug-likeness (QED) is 0.308. The molecule has 1 aromatic heterocycles. The molecule has 124 valence electrons. The Morgan fingerprint density at radius 1 is 1.13 bits per heavy atom. The molecule has 0 radical (unpaired) electrons. The van der Waals surface area contributed by atoms with E-state index in [2.05, 4.69) is 36.7 Å². The Morgan fingerprint density at radius 2 is 1.83 bits per heavy atom. The molecule has 2 N–H and O–H groups in total. The van der Waals surface area contributed by atoms with Crippen LogP contribution < -0.4 is 10.9 Å². The summed E-state index contributed by atoms with van der Waals surface area (Å²) in [4.78, 5) is 8.06. The van der Waals surface area contributed by atoms with E-state index in [0.29, 0.717) is 11.4 Å². The first-order valence-corrected chi connectivity index (χ1v) is 8.07. The van der Waals surface area contributed by atoms with Gasteiger partial charge in [0.2, 0.25) is 5.28 Å². The molecule has 0 aliphatic rings. The predicted molar refractivity (Wildman–Crippen MR) is 94.9 cm³/mol. The van der Waals surface area contributed by atoms with Gasteiger partial charge in [-0.15, -0.1) is 0 Å². The summed E-state index contributed by atoms with van der Waals surface area (Å²) in [7, 11) is 2.99. The monoisotopic (exact) mass is 420 g/mol. The number of anilines is 2. The minimum absolute atomic E-state index is 0.0153. The van der Waals surface area contributed by atoms with E-state index in [4.69, 9.17) is 32.7 Å². The fourth-order valence-electron chi connectivity index (χ4n) is 1.95. The molecule has 0 amide bonds. The summed E-state index contributed by atoms with van der Waals surface area (Å²) >= 11 is 15.5. The van der Waals surface area contributed by atoms with E-state index in [1.807, 2.05) is 25.1 Å². The van der Waals surface area contributed by atoms with Crippen molar-refractivity contribution >= 4 is 50.6 Å². The van der Waals surface area contributed by atoms with Gasteiger partial charge in [-0.2, -0.15) is 4.98 Å². The van der Waals surface area contributed by atoms with E-state index in [1.54, 1.807) is 0 Å². The number of nitrogens with one attached hydrogen (secondary N) is 2. The Bertz CT molecular complexity index is 699. The number of hydrogen-bond acceptors (Lipinski definition) is 6. The normalized spacial score (nSPS) is 10.9. The maximum Gasteiger partial charge on any atom is 0.225 e. The molecule has 0 aliphatic carbocycles. The number of aromatic nitrogens is 2. The van der Waals surface area contributed by atoms with Crippen LogP contribution >= 0.6 is 39.1 Å². The number of nitrogens with zero attached hydrogens (tertiary/aromatic N) is 2. The summed E-state index contributed by atoms with van der Waals surface area (Å²) in [6.07, 6.45) is -0.727. The van der Waals surface area contributed by atoms with E-state index < -0.39 is 6.29 Å². The lowest BCUT2D eigenvalue weighted by Gasteiger charge is -2.19. The van der Waals surface area contributed by atoms with Crippen LogP contribution in [0.5, 0.6) is 0 Å². The van der Waals surface area contributed by atoms with Crippen molar-refractivity contribution < 1.29 is 9.47 Å². The van der Waals surface area contributed by atoms with Gasteiger partial charge in [0.25, 0.3) is 0 Å². The minimum atomic E-state index is -0.727. The molecule has 9 heteroatoms. The lowest BCUT2D eigenvalue weighted by atomic mass is 10.2. The second-order valence-corrected chi connectivity index (χ2v) is 6.17. The molecule has 6 nitrogen and oxygen atoms in total. The summed E-state index contributed by atoms with van der Waals surface area (Å²) in [5, 5.41) is 0.164. The first kappa shape index (κ1) is 18.2. The zero-order valence-electron chi connectivity index (χ0n) is 12.7. The van der Waals surface area contributed by atoms with Crippen molar-refractivity contribution in [1.29, 1.82) is 0 Å². The molecule has 0 aliphatic heterocycles. The molecule has 0 saturated heterocycles. The zero-order chi connectivity index (χ0) is 17.0. The molecule has 0 bridgehead atoms. The van der Waals surface area contributed by atoms with Gasteiger partial charge < -0.3 is 9.47 Å².